The Balaban J connectivity index is 2.86. The molecule has 1 atom stereocenters. The summed E-state index contributed by atoms with van der Waals surface area (Å²) < 4.78 is 50.4. The van der Waals surface area contributed by atoms with Crippen molar-refractivity contribution in [1.29, 1.82) is 0 Å². The Labute approximate surface area is 97.9 Å². The van der Waals surface area contributed by atoms with Gasteiger partial charge in [-0.25, -0.2) is 9.82 Å². The number of rotatable bonds is 3. The summed E-state index contributed by atoms with van der Waals surface area (Å²) in [6, 6.07) is 1.74. The van der Waals surface area contributed by atoms with Crippen molar-refractivity contribution in [3.63, 3.8) is 0 Å². The van der Waals surface area contributed by atoms with E-state index in [9.17, 15) is 17.6 Å². The van der Waals surface area contributed by atoms with Gasteiger partial charge in [0.15, 0.2) is 0 Å². The lowest BCUT2D eigenvalue weighted by Crippen LogP contribution is -2.47. The zero-order chi connectivity index (χ0) is 12.3. The van der Waals surface area contributed by atoms with E-state index in [0.717, 1.165) is 6.07 Å². The molecule has 0 saturated carbocycles. The minimum atomic E-state index is -4.46. The Kier molecular flexibility index (Phi) is 4.28. The van der Waals surface area contributed by atoms with Crippen LogP contribution in [0.1, 0.15) is 5.56 Å². The zero-order valence-electron chi connectivity index (χ0n) is 7.98. The molecule has 0 saturated heterocycles. The molecule has 2 nitrogen and oxygen atoms in total. The molecule has 0 spiro atoms. The summed E-state index contributed by atoms with van der Waals surface area (Å²) in [7, 11) is 0. The van der Waals surface area contributed by atoms with Gasteiger partial charge in [-0.05, 0) is 30.2 Å². The molecule has 0 aliphatic carbocycles. The highest BCUT2D eigenvalue weighted by Gasteiger charge is 2.38. The first-order valence-electron chi connectivity index (χ1n) is 4.30. The third-order valence-corrected chi connectivity index (χ3v) is 2.42. The molecular weight excluding hydrogens is 292 g/mol. The number of nitrogens with one attached hydrogen (secondary N) is 1. The highest BCUT2D eigenvalue weighted by molar-refractivity contribution is 9.10. The summed E-state index contributed by atoms with van der Waals surface area (Å²) in [5.74, 6) is 4.21. The van der Waals surface area contributed by atoms with Gasteiger partial charge in [-0.15, -0.1) is 0 Å². The third-order valence-electron chi connectivity index (χ3n) is 1.96. The van der Waals surface area contributed by atoms with E-state index in [-0.39, 0.29) is 5.56 Å². The second-order valence-corrected chi connectivity index (χ2v) is 4.16. The molecule has 1 aromatic rings. The lowest BCUT2D eigenvalue weighted by molar-refractivity contribution is -0.155. The van der Waals surface area contributed by atoms with E-state index in [1.165, 1.54) is 12.1 Å². The summed E-state index contributed by atoms with van der Waals surface area (Å²) in [4.78, 5) is 0. The number of halogens is 5. The molecule has 0 fully saturated rings. The van der Waals surface area contributed by atoms with Crippen LogP contribution in [0, 0.1) is 5.82 Å². The van der Waals surface area contributed by atoms with Crippen LogP contribution in [-0.2, 0) is 6.42 Å². The second kappa shape index (κ2) is 5.11. The SMILES string of the molecule is NNC(Cc1cc(F)cc(Br)c1)C(F)(F)F. The molecule has 0 aliphatic heterocycles. The number of hydrogen-bond donors (Lipinski definition) is 2. The van der Waals surface area contributed by atoms with Gasteiger partial charge in [0, 0.05) is 4.47 Å². The summed E-state index contributed by atoms with van der Waals surface area (Å²) in [6.45, 7) is 0. The highest BCUT2D eigenvalue weighted by atomic mass is 79.9. The fourth-order valence-corrected chi connectivity index (χ4v) is 1.75. The molecule has 1 aromatic carbocycles. The third kappa shape index (κ3) is 3.73. The van der Waals surface area contributed by atoms with Crippen molar-refractivity contribution < 1.29 is 17.6 Å². The molecule has 7 heteroatoms. The van der Waals surface area contributed by atoms with Gasteiger partial charge >= 0.3 is 6.18 Å². The van der Waals surface area contributed by atoms with E-state index in [2.05, 4.69) is 15.9 Å². The minimum absolute atomic E-state index is 0.215. The molecule has 90 valence electrons. The molecule has 0 amide bonds. The first kappa shape index (κ1) is 13.4. The summed E-state index contributed by atoms with van der Waals surface area (Å²) in [5, 5.41) is 0. The fourth-order valence-electron chi connectivity index (χ4n) is 1.23. The molecule has 3 N–H and O–H groups in total. The van der Waals surface area contributed by atoms with Crippen molar-refractivity contribution >= 4 is 15.9 Å². The van der Waals surface area contributed by atoms with Gasteiger partial charge in [0.05, 0.1) is 0 Å². The first-order valence-corrected chi connectivity index (χ1v) is 5.10. The zero-order valence-corrected chi connectivity index (χ0v) is 9.57. The van der Waals surface area contributed by atoms with Crippen LogP contribution in [0.4, 0.5) is 17.6 Å². The Bertz CT molecular complexity index is 347. The number of alkyl halides is 3. The molecule has 1 unspecified atom stereocenters. The van der Waals surface area contributed by atoms with E-state index in [4.69, 9.17) is 5.84 Å². The van der Waals surface area contributed by atoms with Crippen molar-refractivity contribution in [2.75, 3.05) is 0 Å². The smallest absolute Gasteiger partial charge is 0.271 e. The first-order chi connectivity index (χ1) is 7.32. The lowest BCUT2D eigenvalue weighted by atomic mass is 10.1. The maximum absolute atomic E-state index is 12.9. The van der Waals surface area contributed by atoms with Crippen LogP contribution in [0.5, 0.6) is 0 Å². The normalized spacial score (nSPS) is 13.9. The highest BCUT2D eigenvalue weighted by Crippen LogP contribution is 2.24. The summed E-state index contributed by atoms with van der Waals surface area (Å²) in [5.41, 5.74) is 1.88. The molecule has 0 heterocycles. The Morgan fingerprint density at radius 1 is 1.31 bits per heavy atom. The predicted molar refractivity (Wildman–Crippen MR) is 55.0 cm³/mol. The fraction of sp³-hybridized carbons (Fsp3) is 0.333. The van der Waals surface area contributed by atoms with Crippen molar-refractivity contribution in [2.24, 2.45) is 5.84 Å². The molecule has 16 heavy (non-hydrogen) atoms. The second-order valence-electron chi connectivity index (χ2n) is 3.24. The largest absolute Gasteiger partial charge is 0.405 e. The van der Waals surface area contributed by atoms with E-state index < -0.39 is 24.5 Å². The Hall–Kier alpha value is -0.660. The van der Waals surface area contributed by atoms with Crippen molar-refractivity contribution in [3.05, 3.63) is 34.1 Å². The van der Waals surface area contributed by atoms with Crippen molar-refractivity contribution in [1.82, 2.24) is 5.43 Å². The van der Waals surface area contributed by atoms with E-state index in [1.807, 2.05) is 0 Å². The number of hydrazine groups is 1. The lowest BCUT2D eigenvalue weighted by Gasteiger charge is -2.19. The average Bonchev–Trinajstić information content (AvgIpc) is 2.10. The van der Waals surface area contributed by atoms with Crippen LogP contribution < -0.4 is 11.3 Å². The van der Waals surface area contributed by atoms with Crippen LogP contribution in [0.15, 0.2) is 22.7 Å². The van der Waals surface area contributed by atoms with Gasteiger partial charge in [-0.3, -0.25) is 5.84 Å². The molecule has 0 aliphatic rings. The summed E-state index contributed by atoms with van der Waals surface area (Å²) >= 11 is 3.00. The average molecular weight is 301 g/mol. The Morgan fingerprint density at radius 2 is 1.94 bits per heavy atom. The van der Waals surface area contributed by atoms with Crippen LogP contribution in [0.2, 0.25) is 0 Å². The standard InChI is InChI=1S/C9H9BrF4N2/c10-6-1-5(2-7(11)4-6)3-8(16-15)9(12,13)14/h1-2,4,8,16H,3,15H2. The van der Waals surface area contributed by atoms with Crippen molar-refractivity contribution in [3.8, 4) is 0 Å². The minimum Gasteiger partial charge on any atom is -0.271 e. The topological polar surface area (TPSA) is 38.0 Å². The predicted octanol–water partition coefficient (Wildman–Crippen LogP) is 2.52. The van der Waals surface area contributed by atoms with Gasteiger partial charge in [0.1, 0.15) is 11.9 Å². The number of nitrogens with two attached hydrogens (primary N) is 1. The van der Waals surface area contributed by atoms with E-state index >= 15 is 0 Å². The maximum atomic E-state index is 12.9. The van der Waals surface area contributed by atoms with Crippen LogP contribution in [0.3, 0.4) is 0 Å². The van der Waals surface area contributed by atoms with Gasteiger partial charge in [-0.1, -0.05) is 15.9 Å². The van der Waals surface area contributed by atoms with E-state index in [0.29, 0.717) is 4.47 Å². The maximum Gasteiger partial charge on any atom is 0.405 e. The van der Waals surface area contributed by atoms with Crippen LogP contribution in [0.25, 0.3) is 0 Å². The number of hydrogen-bond acceptors (Lipinski definition) is 2. The van der Waals surface area contributed by atoms with Gasteiger partial charge < -0.3 is 0 Å². The van der Waals surface area contributed by atoms with Gasteiger partial charge in [0.25, 0.3) is 0 Å². The van der Waals surface area contributed by atoms with Gasteiger partial charge in [0.2, 0.25) is 0 Å². The molecule has 0 bridgehead atoms. The summed E-state index contributed by atoms with van der Waals surface area (Å²) in [6.07, 6.45) is -4.89. The van der Waals surface area contributed by atoms with Crippen LogP contribution >= 0.6 is 15.9 Å². The molecule has 0 aromatic heterocycles. The quantitative estimate of drug-likeness (QED) is 0.511. The monoisotopic (exact) mass is 300 g/mol. The molecule has 0 radical (unpaired) electrons. The molecular formula is C9H9BrF4N2. The molecule has 1 rings (SSSR count). The van der Waals surface area contributed by atoms with Crippen LogP contribution in [-0.4, -0.2) is 12.2 Å². The Morgan fingerprint density at radius 3 is 2.38 bits per heavy atom. The number of benzene rings is 1. The van der Waals surface area contributed by atoms with Crippen molar-refractivity contribution in [2.45, 2.75) is 18.6 Å². The van der Waals surface area contributed by atoms with E-state index in [1.54, 1.807) is 5.43 Å². The van der Waals surface area contributed by atoms with Gasteiger partial charge in [-0.2, -0.15) is 13.2 Å².